The lowest BCUT2D eigenvalue weighted by Crippen LogP contribution is -2.18. The van der Waals surface area contributed by atoms with Crippen molar-refractivity contribution in [3.8, 4) is 23.0 Å². The number of hydrogen-bond donors (Lipinski definition) is 1. The van der Waals surface area contributed by atoms with E-state index >= 15 is 0 Å². The van der Waals surface area contributed by atoms with Gasteiger partial charge in [-0.05, 0) is 25.1 Å². The third-order valence-corrected chi connectivity index (χ3v) is 2.61. The van der Waals surface area contributed by atoms with E-state index in [-0.39, 0.29) is 6.04 Å². The van der Waals surface area contributed by atoms with Crippen LogP contribution in [0.1, 0.15) is 12.7 Å². The monoisotopic (exact) mass is 263 g/mol. The second-order valence-electron chi connectivity index (χ2n) is 4.26. The lowest BCUT2D eigenvalue weighted by Gasteiger charge is -2.06. The first-order chi connectivity index (χ1) is 9.13. The first-order valence-electron chi connectivity index (χ1n) is 5.94. The summed E-state index contributed by atoms with van der Waals surface area (Å²) in [6, 6.07) is 5.38. The highest BCUT2D eigenvalue weighted by Gasteiger charge is 2.15. The van der Waals surface area contributed by atoms with Gasteiger partial charge in [0.05, 0.1) is 19.8 Å². The molecule has 0 aliphatic carbocycles. The van der Waals surface area contributed by atoms with Crippen LogP contribution in [0.25, 0.3) is 11.5 Å². The van der Waals surface area contributed by atoms with Crippen LogP contribution in [-0.4, -0.2) is 30.4 Å². The quantitative estimate of drug-likeness (QED) is 0.883. The van der Waals surface area contributed by atoms with E-state index in [9.17, 15) is 0 Å². The molecule has 19 heavy (non-hydrogen) atoms. The average Bonchev–Trinajstić information content (AvgIpc) is 2.85. The fraction of sp³-hybridized carbons (Fsp3) is 0.385. The Morgan fingerprint density at radius 3 is 2.74 bits per heavy atom. The van der Waals surface area contributed by atoms with Gasteiger partial charge in [-0.2, -0.15) is 4.98 Å². The van der Waals surface area contributed by atoms with Gasteiger partial charge in [0, 0.05) is 12.5 Å². The molecule has 0 bridgehead atoms. The molecule has 0 saturated carbocycles. The first-order valence-corrected chi connectivity index (χ1v) is 5.94. The zero-order valence-corrected chi connectivity index (χ0v) is 11.2. The van der Waals surface area contributed by atoms with Gasteiger partial charge in [0.1, 0.15) is 11.5 Å². The molecule has 1 aromatic heterocycles. The van der Waals surface area contributed by atoms with E-state index in [1.807, 2.05) is 13.0 Å². The maximum atomic E-state index is 5.71. The topological polar surface area (TPSA) is 83.4 Å². The minimum Gasteiger partial charge on any atom is -0.497 e. The predicted octanol–water partition coefficient (Wildman–Crippen LogP) is 1.64. The third-order valence-electron chi connectivity index (χ3n) is 2.61. The van der Waals surface area contributed by atoms with Crippen molar-refractivity contribution in [1.29, 1.82) is 0 Å². The number of methoxy groups -OCH3 is 2. The Bertz CT molecular complexity index is 552. The number of nitrogens with zero attached hydrogens (tertiary/aromatic N) is 2. The summed E-state index contributed by atoms with van der Waals surface area (Å²) in [5, 5.41) is 3.90. The molecule has 0 aliphatic rings. The molecule has 0 fully saturated rings. The summed E-state index contributed by atoms with van der Waals surface area (Å²) in [5.74, 6) is 2.32. The Kier molecular flexibility index (Phi) is 4.01. The van der Waals surface area contributed by atoms with Crippen LogP contribution in [-0.2, 0) is 6.42 Å². The number of aromatic nitrogens is 2. The second kappa shape index (κ2) is 5.71. The Labute approximate surface area is 111 Å². The summed E-state index contributed by atoms with van der Waals surface area (Å²) in [6.45, 7) is 1.89. The molecule has 0 spiro atoms. The average molecular weight is 263 g/mol. The maximum Gasteiger partial charge on any atom is 0.261 e. The Hall–Kier alpha value is -2.08. The molecule has 6 heteroatoms. The number of nitrogens with two attached hydrogens (primary N) is 1. The van der Waals surface area contributed by atoms with Crippen LogP contribution >= 0.6 is 0 Å². The molecule has 1 aromatic carbocycles. The van der Waals surface area contributed by atoms with Gasteiger partial charge in [0.25, 0.3) is 5.89 Å². The van der Waals surface area contributed by atoms with Crippen LogP contribution in [0, 0.1) is 0 Å². The van der Waals surface area contributed by atoms with Crippen molar-refractivity contribution in [2.75, 3.05) is 14.2 Å². The van der Waals surface area contributed by atoms with Crippen molar-refractivity contribution >= 4 is 0 Å². The third kappa shape index (κ3) is 3.03. The van der Waals surface area contributed by atoms with Crippen LogP contribution < -0.4 is 15.2 Å². The molecular formula is C13H17N3O3. The Balaban J connectivity index is 2.36. The smallest absolute Gasteiger partial charge is 0.261 e. The van der Waals surface area contributed by atoms with Crippen LogP contribution in [0.5, 0.6) is 11.5 Å². The van der Waals surface area contributed by atoms with Crippen molar-refractivity contribution in [2.24, 2.45) is 5.73 Å². The van der Waals surface area contributed by atoms with E-state index in [2.05, 4.69) is 10.1 Å². The van der Waals surface area contributed by atoms with Crippen molar-refractivity contribution in [3.05, 3.63) is 24.0 Å². The molecule has 6 nitrogen and oxygen atoms in total. The summed E-state index contributed by atoms with van der Waals surface area (Å²) >= 11 is 0. The number of ether oxygens (including phenoxy) is 2. The summed E-state index contributed by atoms with van der Waals surface area (Å²) in [4.78, 5) is 4.31. The van der Waals surface area contributed by atoms with Gasteiger partial charge in [-0.15, -0.1) is 0 Å². The van der Waals surface area contributed by atoms with Gasteiger partial charge in [0.15, 0.2) is 5.82 Å². The summed E-state index contributed by atoms with van der Waals surface area (Å²) in [6.07, 6.45) is 0.565. The number of rotatable bonds is 5. The highest BCUT2D eigenvalue weighted by molar-refractivity contribution is 5.65. The lowest BCUT2D eigenvalue weighted by molar-refractivity contribution is 0.395. The first kappa shape index (κ1) is 13.4. The zero-order valence-electron chi connectivity index (χ0n) is 11.2. The summed E-state index contributed by atoms with van der Waals surface area (Å²) in [5.41, 5.74) is 6.41. The molecule has 2 N–H and O–H groups in total. The Morgan fingerprint density at radius 1 is 1.32 bits per heavy atom. The summed E-state index contributed by atoms with van der Waals surface area (Å²) in [7, 11) is 3.19. The zero-order chi connectivity index (χ0) is 13.8. The van der Waals surface area contributed by atoms with Crippen molar-refractivity contribution in [1.82, 2.24) is 10.1 Å². The standard InChI is InChI=1S/C13H17N3O3/c1-8(14)6-12-15-13(19-16-12)10-7-9(17-2)4-5-11(10)18-3/h4-5,7-8H,6,14H2,1-3H3. The van der Waals surface area contributed by atoms with Crippen molar-refractivity contribution in [3.63, 3.8) is 0 Å². The fourth-order valence-corrected chi connectivity index (χ4v) is 1.72. The molecule has 1 atom stereocenters. The van der Waals surface area contributed by atoms with E-state index in [1.165, 1.54) is 0 Å². The van der Waals surface area contributed by atoms with Gasteiger partial charge < -0.3 is 19.7 Å². The van der Waals surface area contributed by atoms with Gasteiger partial charge in [-0.25, -0.2) is 0 Å². The van der Waals surface area contributed by atoms with Crippen LogP contribution in [0.3, 0.4) is 0 Å². The molecule has 0 radical (unpaired) electrons. The molecule has 2 rings (SSSR count). The molecule has 2 aromatic rings. The van der Waals surface area contributed by atoms with Gasteiger partial charge in [0.2, 0.25) is 0 Å². The molecule has 0 aliphatic heterocycles. The minimum atomic E-state index is -0.0161. The van der Waals surface area contributed by atoms with E-state index in [0.29, 0.717) is 35.2 Å². The largest absolute Gasteiger partial charge is 0.497 e. The van der Waals surface area contributed by atoms with Gasteiger partial charge in [-0.3, -0.25) is 0 Å². The lowest BCUT2D eigenvalue weighted by atomic mass is 10.2. The molecule has 1 unspecified atom stereocenters. The van der Waals surface area contributed by atoms with Crippen molar-refractivity contribution < 1.29 is 14.0 Å². The van der Waals surface area contributed by atoms with Crippen LogP contribution in [0.4, 0.5) is 0 Å². The molecule has 1 heterocycles. The van der Waals surface area contributed by atoms with E-state index < -0.39 is 0 Å². The molecule has 0 saturated heterocycles. The molecular weight excluding hydrogens is 246 g/mol. The van der Waals surface area contributed by atoms with Crippen LogP contribution in [0.2, 0.25) is 0 Å². The van der Waals surface area contributed by atoms with E-state index in [1.54, 1.807) is 26.4 Å². The van der Waals surface area contributed by atoms with Gasteiger partial charge >= 0.3 is 0 Å². The maximum absolute atomic E-state index is 5.71. The van der Waals surface area contributed by atoms with Crippen molar-refractivity contribution in [2.45, 2.75) is 19.4 Å². The highest BCUT2D eigenvalue weighted by atomic mass is 16.5. The molecule has 0 amide bonds. The van der Waals surface area contributed by atoms with E-state index in [0.717, 1.165) is 0 Å². The number of benzene rings is 1. The molecule has 102 valence electrons. The summed E-state index contributed by atoms with van der Waals surface area (Å²) < 4.78 is 15.7. The second-order valence-corrected chi connectivity index (χ2v) is 4.26. The number of hydrogen-bond acceptors (Lipinski definition) is 6. The van der Waals surface area contributed by atoms with Gasteiger partial charge in [-0.1, -0.05) is 5.16 Å². The van der Waals surface area contributed by atoms with E-state index in [4.69, 9.17) is 19.7 Å². The highest BCUT2D eigenvalue weighted by Crippen LogP contribution is 2.32. The fourth-order valence-electron chi connectivity index (χ4n) is 1.72. The normalized spacial score (nSPS) is 12.2. The minimum absolute atomic E-state index is 0.0161. The predicted molar refractivity (Wildman–Crippen MR) is 70.2 cm³/mol. The SMILES string of the molecule is COc1ccc(OC)c(-c2nc(CC(C)N)no2)c1. The van der Waals surface area contributed by atoms with Crippen LogP contribution in [0.15, 0.2) is 22.7 Å². The Morgan fingerprint density at radius 2 is 2.11 bits per heavy atom.